The van der Waals surface area contributed by atoms with Gasteiger partial charge >= 0.3 is 0 Å². The molecule has 4 heteroatoms. The molecule has 0 fully saturated rings. The van der Waals surface area contributed by atoms with E-state index in [1.807, 2.05) is 0 Å². The molecule has 0 saturated heterocycles. The monoisotopic (exact) mass is 301 g/mol. The molecular weight excluding hydrogens is 274 g/mol. The SMILES string of the molecule is CCCCCCOc1ccc(C(CC)Cc2cn[nH]n2)cc1. The Balaban J connectivity index is 1.84. The van der Waals surface area contributed by atoms with Gasteiger partial charge in [-0.2, -0.15) is 15.4 Å². The van der Waals surface area contributed by atoms with Crippen molar-refractivity contribution in [2.24, 2.45) is 0 Å². The van der Waals surface area contributed by atoms with E-state index in [2.05, 4.69) is 53.5 Å². The van der Waals surface area contributed by atoms with Crippen LogP contribution < -0.4 is 4.74 Å². The Morgan fingerprint density at radius 2 is 1.91 bits per heavy atom. The Labute approximate surface area is 133 Å². The molecule has 2 aromatic rings. The van der Waals surface area contributed by atoms with Gasteiger partial charge in [-0.15, -0.1) is 0 Å². The van der Waals surface area contributed by atoms with E-state index in [1.165, 1.54) is 24.8 Å². The number of H-pyrrole nitrogens is 1. The van der Waals surface area contributed by atoms with Gasteiger partial charge in [-0.3, -0.25) is 0 Å². The summed E-state index contributed by atoms with van der Waals surface area (Å²) in [7, 11) is 0. The van der Waals surface area contributed by atoms with E-state index < -0.39 is 0 Å². The van der Waals surface area contributed by atoms with E-state index in [1.54, 1.807) is 6.20 Å². The number of unbranched alkanes of at least 4 members (excludes halogenated alkanes) is 3. The first-order valence-electron chi connectivity index (χ1n) is 8.40. The van der Waals surface area contributed by atoms with Crippen LogP contribution in [0.4, 0.5) is 0 Å². The highest BCUT2D eigenvalue weighted by molar-refractivity contribution is 5.30. The normalized spacial score (nSPS) is 12.3. The molecule has 1 unspecified atom stereocenters. The Hall–Kier alpha value is -1.84. The Bertz CT molecular complexity index is 508. The molecule has 2 rings (SSSR count). The molecule has 0 aliphatic rings. The lowest BCUT2D eigenvalue weighted by Crippen LogP contribution is -2.03. The van der Waals surface area contributed by atoms with Crippen molar-refractivity contribution in [3.05, 3.63) is 41.7 Å². The molecule has 1 N–H and O–H groups in total. The fraction of sp³-hybridized carbons (Fsp3) is 0.556. The molecule has 0 aliphatic carbocycles. The van der Waals surface area contributed by atoms with Crippen LogP contribution in [0.2, 0.25) is 0 Å². The zero-order valence-corrected chi connectivity index (χ0v) is 13.7. The first kappa shape index (κ1) is 16.5. The molecule has 1 heterocycles. The summed E-state index contributed by atoms with van der Waals surface area (Å²) < 4.78 is 5.80. The number of nitrogens with zero attached hydrogens (tertiary/aromatic N) is 2. The second-order valence-electron chi connectivity index (χ2n) is 5.75. The standard InChI is InChI=1S/C18H27N3O/c1-3-5-6-7-12-22-18-10-8-16(9-11-18)15(4-2)13-17-14-19-21-20-17/h8-11,14-15H,3-7,12-13H2,1-2H3,(H,19,20,21). The van der Waals surface area contributed by atoms with Gasteiger partial charge in [0.15, 0.2) is 0 Å². The zero-order chi connectivity index (χ0) is 15.6. The number of hydrogen-bond donors (Lipinski definition) is 1. The molecule has 0 spiro atoms. The maximum Gasteiger partial charge on any atom is 0.119 e. The molecule has 1 aromatic heterocycles. The Kier molecular flexibility index (Phi) is 6.94. The van der Waals surface area contributed by atoms with Crippen LogP contribution in [0, 0.1) is 0 Å². The second kappa shape index (κ2) is 9.23. The van der Waals surface area contributed by atoms with Crippen molar-refractivity contribution in [3.8, 4) is 5.75 Å². The highest BCUT2D eigenvalue weighted by Gasteiger charge is 2.12. The topological polar surface area (TPSA) is 50.8 Å². The van der Waals surface area contributed by atoms with E-state index in [9.17, 15) is 0 Å². The predicted octanol–water partition coefficient (Wildman–Crippen LogP) is 4.50. The van der Waals surface area contributed by atoms with Gasteiger partial charge in [0.05, 0.1) is 18.5 Å². The first-order valence-corrected chi connectivity index (χ1v) is 8.40. The third-order valence-corrected chi connectivity index (χ3v) is 4.03. The van der Waals surface area contributed by atoms with Gasteiger partial charge in [-0.1, -0.05) is 45.2 Å². The minimum absolute atomic E-state index is 0.476. The lowest BCUT2D eigenvalue weighted by molar-refractivity contribution is 0.305. The fourth-order valence-corrected chi connectivity index (χ4v) is 2.63. The lowest BCUT2D eigenvalue weighted by Gasteiger charge is -2.14. The number of hydrogen-bond acceptors (Lipinski definition) is 3. The van der Waals surface area contributed by atoms with Gasteiger partial charge in [0.1, 0.15) is 5.75 Å². The van der Waals surface area contributed by atoms with Crippen LogP contribution in [0.1, 0.15) is 63.1 Å². The minimum Gasteiger partial charge on any atom is -0.494 e. The molecular formula is C18H27N3O. The highest BCUT2D eigenvalue weighted by atomic mass is 16.5. The Morgan fingerprint density at radius 1 is 1.09 bits per heavy atom. The minimum atomic E-state index is 0.476. The summed E-state index contributed by atoms with van der Waals surface area (Å²) in [5, 5.41) is 10.7. The summed E-state index contributed by atoms with van der Waals surface area (Å²) in [5.41, 5.74) is 2.35. The molecule has 22 heavy (non-hydrogen) atoms. The van der Waals surface area contributed by atoms with E-state index in [0.29, 0.717) is 5.92 Å². The van der Waals surface area contributed by atoms with Crippen LogP contribution >= 0.6 is 0 Å². The molecule has 0 aliphatic heterocycles. The van der Waals surface area contributed by atoms with E-state index in [0.717, 1.165) is 37.3 Å². The van der Waals surface area contributed by atoms with Gasteiger partial charge in [-0.05, 0) is 42.9 Å². The van der Waals surface area contributed by atoms with Gasteiger partial charge in [0.25, 0.3) is 0 Å². The van der Waals surface area contributed by atoms with E-state index in [-0.39, 0.29) is 0 Å². The summed E-state index contributed by atoms with van der Waals surface area (Å²) in [4.78, 5) is 0. The van der Waals surface area contributed by atoms with Crippen LogP contribution in [0.25, 0.3) is 0 Å². The van der Waals surface area contributed by atoms with Crippen LogP contribution in [-0.4, -0.2) is 22.0 Å². The van der Waals surface area contributed by atoms with Crippen molar-refractivity contribution in [2.75, 3.05) is 6.61 Å². The number of rotatable bonds is 10. The van der Waals surface area contributed by atoms with Crippen molar-refractivity contribution in [1.82, 2.24) is 15.4 Å². The van der Waals surface area contributed by atoms with Gasteiger partial charge in [-0.25, -0.2) is 0 Å². The number of nitrogens with one attached hydrogen (secondary N) is 1. The van der Waals surface area contributed by atoms with Gasteiger partial charge in [0, 0.05) is 0 Å². The molecule has 1 aromatic carbocycles. The third kappa shape index (κ3) is 5.17. The number of aromatic nitrogens is 3. The van der Waals surface area contributed by atoms with Crippen molar-refractivity contribution < 1.29 is 4.74 Å². The quantitative estimate of drug-likeness (QED) is 0.657. The summed E-state index contributed by atoms with van der Waals surface area (Å²) in [5.74, 6) is 1.44. The maximum absolute atomic E-state index is 5.80. The molecule has 0 radical (unpaired) electrons. The number of benzene rings is 1. The van der Waals surface area contributed by atoms with Crippen LogP contribution in [-0.2, 0) is 6.42 Å². The molecule has 0 saturated carbocycles. The molecule has 4 nitrogen and oxygen atoms in total. The molecule has 120 valence electrons. The van der Waals surface area contributed by atoms with E-state index >= 15 is 0 Å². The third-order valence-electron chi connectivity index (χ3n) is 4.03. The van der Waals surface area contributed by atoms with Gasteiger partial charge < -0.3 is 4.74 Å². The summed E-state index contributed by atoms with van der Waals surface area (Å²) in [6, 6.07) is 8.52. The zero-order valence-electron chi connectivity index (χ0n) is 13.7. The Morgan fingerprint density at radius 3 is 2.55 bits per heavy atom. The van der Waals surface area contributed by atoms with Crippen molar-refractivity contribution in [1.29, 1.82) is 0 Å². The van der Waals surface area contributed by atoms with Crippen molar-refractivity contribution in [3.63, 3.8) is 0 Å². The summed E-state index contributed by atoms with van der Waals surface area (Å²) >= 11 is 0. The largest absolute Gasteiger partial charge is 0.494 e. The average molecular weight is 301 g/mol. The fourth-order valence-electron chi connectivity index (χ4n) is 2.63. The van der Waals surface area contributed by atoms with Crippen molar-refractivity contribution >= 4 is 0 Å². The number of ether oxygens (including phenoxy) is 1. The summed E-state index contributed by atoms with van der Waals surface area (Å²) in [6.45, 7) is 5.25. The number of aromatic amines is 1. The highest BCUT2D eigenvalue weighted by Crippen LogP contribution is 2.25. The summed E-state index contributed by atoms with van der Waals surface area (Å²) in [6.07, 6.45) is 8.76. The molecule has 1 atom stereocenters. The molecule has 0 bridgehead atoms. The first-order chi connectivity index (χ1) is 10.8. The van der Waals surface area contributed by atoms with Crippen molar-refractivity contribution in [2.45, 2.75) is 58.3 Å². The van der Waals surface area contributed by atoms with Crippen LogP contribution in [0.15, 0.2) is 30.5 Å². The lowest BCUT2D eigenvalue weighted by atomic mass is 9.92. The smallest absolute Gasteiger partial charge is 0.119 e. The van der Waals surface area contributed by atoms with Gasteiger partial charge in [0.2, 0.25) is 0 Å². The molecule has 0 amide bonds. The van der Waals surface area contributed by atoms with Crippen LogP contribution in [0.5, 0.6) is 5.75 Å². The second-order valence-corrected chi connectivity index (χ2v) is 5.75. The maximum atomic E-state index is 5.80. The van der Waals surface area contributed by atoms with E-state index in [4.69, 9.17) is 4.74 Å². The van der Waals surface area contributed by atoms with Crippen LogP contribution in [0.3, 0.4) is 0 Å². The average Bonchev–Trinajstić information content (AvgIpc) is 3.06. The predicted molar refractivity (Wildman–Crippen MR) is 89.2 cm³/mol.